The number of benzene rings is 1. The molecule has 0 atom stereocenters. The Kier molecular flexibility index (Phi) is 6.30. The third kappa shape index (κ3) is 4.76. The van der Waals surface area contributed by atoms with Crippen LogP contribution < -0.4 is 4.74 Å². The van der Waals surface area contributed by atoms with E-state index in [2.05, 4.69) is 0 Å². The average molecular weight is 405 g/mol. The highest BCUT2D eigenvalue weighted by Crippen LogP contribution is 2.38. The van der Waals surface area contributed by atoms with E-state index in [0.717, 1.165) is 23.9 Å². The van der Waals surface area contributed by atoms with Crippen LogP contribution in [0.4, 0.5) is 13.2 Å². The number of amides is 1. The molecule has 1 aliphatic rings. The lowest BCUT2D eigenvalue weighted by molar-refractivity contribution is -0.138. The third-order valence-corrected chi connectivity index (χ3v) is 4.88. The minimum Gasteiger partial charge on any atom is -0.497 e. The summed E-state index contributed by atoms with van der Waals surface area (Å²) in [5.74, 6) is -1.48. The van der Waals surface area contributed by atoms with Gasteiger partial charge in [0, 0.05) is 13.0 Å². The predicted octanol–water partition coefficient (Wildman–Crippen LogP) is 3.78. The molecule has 0 radical (unpaired) electrons. The van der Waals surface area contributed by atoms with E-state index in [1.807, 2.05) is 0 Å². The van der Waals surface area contributed by atoms with Crippen molar-refractivity contribution in [3.8, 4) is 5.75 Å². The molecule has 0 bridgehead atoms. The van der Waals surface area contributed by atoms with E-state index in [1.165, 1.54) is 24.1 Å². The van der Waals surface area contributed by atoms with Crippen molar-refractivity contribution in [2.75, 3.05) is 13.7 Å². The summed E-state index contributed by atoms with van der Waals surface area (Å²) < 4.78 is 44.8. The first-order chi connectivity index (χ1) is 12.1. The fourth-order valence-corrected chi connectivity index (χ4v) is 3.56. The van der Waals surface area contributed by atoms with Gasteiger partial charge in [-0.15, -0.1) is 0 Å². The molecule has 1 aliphatic heterocycles. The van der Waals surface area contributed by atoms with Crippen LogP contribution >= 0.6 is 24.0 Å². The summed E-state index contributed by atoms with van der Waals surface area (Å²) in [6, 6.07) is 3.45. The molecule has 10 heteroatoms. The van der Waals surface area contributed by atoms with Crippen LogP contribution in [-0.2, 0) is 15.8 Å². The van der Waals surface area contributed by atoms with E-state index in [9.17, 15) is 22.8 Å². The van der Waals surface area contributed by atoms with Gasteiger partial charge in [0.1, 0.15) is 10.1 Å². The number of alkyl halides is 3. The summed E-state index contributed by atoms with van der Waals surface area (Å²) in [5, 5.41) is 8.65. The molecule has 1 aromatic rings. The normalized spacial score (nSPS) is 16.5. The van der Waals surface area contributed by atoms with Gasteiger partial charge < -0.3 is 9.84 Å². The van der Waals surface area contributed by atoms with Crippen molar-refractivity contribution in [1.82, 2.24) is 4.90 Å². The monoisotopic (exact) mass is 405 g/mol. The first-order valence-electron chi connectivity index (χ1n) is 7.36. The maximum absolute atomic E-state index is 13.3. The Morgan fingerprint density at radius 1 is 1.42 bits per heavy atom. The Bertz CT molecular complexity index is 777. The van der Waals surface area contributed by atoms with Gasteiger partial charge in [-0.1, -0.05) is 30.0 Å². The topological polar surface area (TPSA) is 66.8 Å². The van der Waals surface area contributed by atoms with Crippen molar-refractivity contribution in [3.05, 3.63) is 34.2 Å². The molecule has 26 heavy (non-hydrogen) atoms. The Labute approximate surface area is 156 Å². The van der Waals surface area contributed by atoms with Crippen LogP contribution in [0.5, 0.6) is 5.75 Å². The van der Waals surface area contributed by atoms with Crippen molar-refractivity contribution in [2.45, 2.75) is 19.0 Å². The largest absolute Gasteiger partial charge is 0.497 e. The van der Waals surface area contributed by atoms with Gasteiger partial charge in [-0.25, -0.2) is 0 Å². The van der Waals surface area contributed by atoms with Gasteiger partial charge in [-0.2, -0.15) is 13.2 Å². The van der Waals surface area contributed by atoms with Gasteiger partial charge in [-0.05, 0) is 30.2 Å². The minimum atomic E-state index is -4.62. The Morgan fingerprint density at radius 2 is 2.12 bits per heavy atom. The molecule has 1 fully saturated rings. The number of thiocarbonyl (C=S) groups is 1. The van der Waals surface area contributed by atoms with Crippen molar-refractivity contribution in [1.29, 1.82) is 0 Å². The molecule has 5 nitrogen and oxygen atoms in total. The highest BCUT2D eigenvalue weighted by atomic mass is 32.2. The number of halogens is 3. The summed E-state index contributed by atoms with van der Waals surface area (Å²) in [6.07, 6.45) is -3.41. The predicted molar refractivity (Wildman–Crippen MR) is 94.7 cm³/mol. The zero-order valence-corrected chi connectivity index (χ0v) is 15.1. The number of hydrogen-bond acceptors (Lipinski definition) is 5. The highest BCUT2D eigenvalue weighted by Gasteiger charge is 2.36. The smallest absolute Gasteiger partial charge is 0.417 e. The van der Waals surface area contributed by atoms with Crippen LogP contribution in [0.1, 0.15) is 24.0 Å². The summed E-state index contributed by atoms with van der Waals surface area (Å²) in [6.45, 7) is 0.100. The molecule has 0 aliphatic carbocycles. The lowest BCUT2D eigenvalue weighted by atomic mass is 10.1. The van der Waals surface area contributed by atoms with Gasteiger partial charge in [-0.3, -0.25) is 14.5 Å². The van der Waals surface area contributed by atoms with Crippen LogP contribution in [0.3, 0.4) is 0 Å². The summed E-state index contributed by atoms with van der Waals surface area (Å²) in [4.78, 5) is 24.2. The van der Waals surface area contributed by atoms with Gasteiger partial charge in [0.15, 0.2) is 0 Å². The molecule has 0 unspecified atom stereocenters. The number of rotatable bonds is 6. The number of carboxylic acid groups (broad SMARTS) is 1. The Morgan fingerprint density at radius 3 is 2.69 bits per heavy atom. The molecular weight excluding hydrogens is 391 g/mol. The van der Waals surface area contributed by atoms with Crippen LogP contribution in [0.25, 0.3) is 6.08 Å². The van der Waals surface area contributed by atoms with E-state index in [1.54, 1.807) is 0 Å². The summed E-state index contributed by atoms with van der Waals surface area (Å²) in [7, 11) is 1.26. The maximum atomic E-state index is 13.3. The fraction of sp³-hybridized carbons (Fsp3) is 0.312. The molecule has 2 rings (SSSR count). The Balaban J connectivity index is 2.29. The number of ether oxygens (including phenoxy) is 1. The number of aliphatic carboxylic acids is 1. The standard InChI is InChI=1S/C16H14F3NO4S2/c1-24-10-5-4-9(11(8-10)16(17,18)19)7-12-14(23)20(15(25)26-12)6-2-3-13(21)22/h4-5,7-8H,2-3,6H2,1H3,(H,21,22)/b12-7-. The summed E-state index contributed by atoms with van der Waals surface area (Å²) >= 11 is 5.96. The number of methoxy groups -OCH3 is 1. The first-order valence-corrected chi connectivity index (χ1v) is 8.58. The zero-order chi connectivity index (χ0) is 19.5. The summed E-state index contributed by atoms with van der Waals surface area (Å²) in [5.41, 5.74) is -1.10. The number of hydrogen-bond donors (Lipinski definition) is 1. The quantitative estimate of drug-likeness (QED) is 0.574. The van der Waals surface area contributed by atoms with Gasteiger partial charge in [0.2, 0.25) is 0 Å². The third-order valence-electron chi connectivity index (χ3n) is 3.50. The second kappa shape index (κ2) is 8.09. The van der Waals surface area contributed by atoms with Crippen LogP contribution in [0.15, 0.2) is 23.1 Å². The van der Waals surface area contributed by atoms with Gasteiger partial charge >= 0.3 is 12.1 Å². The second-order valence-corrected chi connectivity index (χ2v) is 6.96. The van der Waals surface area contributed by atoms with E-state index in [4.69, 9.17) is 22.1 Å². The number of carbonyl (C=O) groups is 2. The van der Waals surface area contributed by atoms with Gasteiger partial charge in [0.25, 0.3) is 5.91 Å². The molecule has 0 saturated carbocycles. The van der Waals surface area contributed by atoms with Crippen LogP contribution in [0.2, 0.25) is 0 Å². The molecule has 140 valence electrons. The minimum absolute atomic E-state index is 0.0516. The SMILES string of the molecule is COc1ccc(/C=C2\SC(=S)N(CCCC(=O)O)C2=O)c(C(F)(F)F)c1. The second-order valence-electron chi connectivity index (χ2n) is 5.28. The number of carboxylic acids is 1. The van der Waals surface area contributed by atoms with Crippen molar-refractivity contribution in [3.63, 3.8) is 0 Å². The van der Waals surface area contributed by atoms with Crippen LogP contribution in [0, 0.1) is 0 Å². The van der Waals surface area contributed by atoms with E-state index in [-0.39, 0.29) is 39.9 Å². The Hall–Kier alpha value is -2.07. The van der Waals surface area contributed by atoms with Crippen LogP contribution in [-0.4, -0.2) is 39.9 Å². The molecule has 1 saturated heterocycles. The highest BCUT2D eigenvalue weighted by molar-refractivity contribution is 8.26. The van der Waals surface area contributed by atoms with E-state index >= 15 is 0 Å². The first kappa shape index (κ1) is 20.2. The van der Waals surface area contributed by atoms with Crippen molar-refractivity contribution >= 4 is 46.3 Å². The van der Waals surface area contributed by atoms with E-state index < -0.39 is 23.6 Å². The average Bonchev–Trinajstić information content (AvgIpc) is 2.81. The van der Waals surface area contributed by atoms with Crippen molar-refractivity contribution in [2.24, 2.45) is 0 Å². The number of nitrogens with zero attached hydrogens (tertiary/aromatic N) is 1. The molecular formula is C16H14F3NO4S2. The van der Waals surface area contributed by atoms with Gasteiger partial charge in [0.05, 0.1) is 17.6 Å². The fourth-order valence-electron chi connectivity index (χ4n) is 2.26. The molecule has 1 aromatic carbocycles. The number of thioether (sulfide) groups is 1. The lowest BCUT2D eigenvalue weighted by Gasteiger charge is -2.13. The lowest BCUT2D eigenvalue weighted by Crippen LogP contribution is -2.29. The zero-order valence-electron chi connectivity index (χ0n) is 13.5. The van der Waals surface area contributed by atoms with Crippen molar-refractivity contribution < 1.29 is 32.6 Å². The maximum Gasteiger partial charge on any atom is 0.417 e. The molecule has 0 aromatic heterocycles. The molecule has 1 heterocycles. The van der Waals surface area contributed by atoms with E-state index in [0.29, 0.717) is 0 Å². The molecule has 1 amide bonds. The molecule has 0 spiro atoms. The number of carbonyl (C=O) groups excluding carboxylic acids is 1. The molecule has 1 N–H and O–H groups in total.